The lowest BCUT2D eigenvalue weighted by atomic mass is 9.81. The van der Waals surface area contributed by atoms with E-state index in [1.807, 2.05) is 24.3 Å². The maximum absolute atomic E-state index is 13.3. The van der Waals surface area contributed by atoms with Gasteiger partial charge in [-0.15, -0.1) is 0 Å². The van der Waals surface area contributed by atoms with Gasteiger partial charge in [0.2, 0.25) is 10.0 Å². The van der Waals surface area contributed by atoms with Crippen LogP contribution in [0.4, 0.5) is 11.6 Å². The Morgan fingerprint density at radius 2 is 1.87 bits per heavy atom. The zero-order valence-electron chi connectivity index (χ0n) is 22.8. The molecule has 1 N–H and O–H groups in total. The number of nitrogens with zero attached hydrogens (tertiary/aromatic N) is 3. The van der Waals surface area contributed by atoms with Crippen molar-refractivity contribution < 1.29 is 22.7 Å². The second kappa shape index (κ2) is 12.4. The van der Waals surface area contributed by atoms with Crippen LogP contribution in [0.15, 0.2) is 42.5 Å². The van der Waals surface area contributed by atoms with Gasteiger partial charge >= 0.3 is 5.97 Å². The van der Waals surface area contributed by atoms with E-state index >= 15 is 0 Å². The molecule has 1 saturated heterocycles. The molecule has 2 fully saturated rings. The largest absolute Gasteiger partial charge is 0.460 e. The van der Waals surface area contributed by atoms with Gasteiger partial charge in [-0.05, 0) is 61.4 Å². The van der Waals surface area contributed by atoms with E-state index < -0.39 is 16.1 Å². The number of carbonyl (C=O) groups is 1. The predicted octanol–water partition coefficient (Wildman–Crippen LogP) is 3.31. The van der Waals surface area contributed by atoms with E-state index in [1.165, 1.54) is 7.05 Å². The summed E-state index contributed by atoms with van der Waals surface area (Å²) in [6.07, 6.45) is 5.13. The van der Waals surface area contributed by atoms with E-state index in [4.69, 9.17) is 14.5 Å². The number of ether oxygens (including phenoxy) is 2. The highest BCUT2D eigenvalue weighted by Gasteiger charge is 2.34. The normalized spacial score (nSPS) is 23.4. The molecular formula is C28H40N4O5S. The van der Waals surface area contributed by atoms with E-state index in [0.29, 0.717) is 42.3 Å². The summed E-state index contributed by atoms with van der Waals surface area (Å²) in [6.45, 7) is 4.17. The monoisotopic (exact) mass is 544 g/mol. The van der Waals surface area contributed by atoms with E-state index in [-0.39, 0.29) is 18.5 Å². The molecule has 38 heavy (non-hydrogen) atoms. The van der Waals surface area contributed by atoms with Crippen LogP contribution in [-0.4, -0.2) is 71.6 Å². The van der Waals surface area contributed by atoms with Gasteiger partial charge in [-0.25, -0.2) is 13.4 Å². The van der Waals surface area contributed by atoms with Crippen molar-refractivity contribution in [2.45, 2.75) is 57.2 Å². The Bertz CT molecular complexity index is 1190. The number of piperidine rings is 1. The summed E-state index contributed by atoms with van der Waals surface area (Å²) in [4.78, 5) is 20.2. The Balaban J connectivity index is 1.57. The molecule has 4 rings (SSSR count). The van der Waals surface area contributed by atoms with Crippen molar-refractivity contribution in [3.63, 3.8) is 0 Å². The summed E-state index contributed by atoms with van der Waals surface area (Å²) in [5.74, 6) is 1.33. The van der Waals surface area contributed by atoms with Gasteiger partial charge in [0, 0.05) is 32.7 Å². The number of hydrogen-bond acceptors (Lipinski definition) is 8. The van der Waals surface area contributed by atoms with Gasteiger partial charge in [-0.3, -0.25) is 9.10 Å². The zero-order valence-corrected chi connectivity index (χ0v) is 23.6. The molecule has 2 aromatic rings. The number of pyridine rings is 1. The Kier molecular flexibility index (Phi) is 9.27. The summed E-state index contributed by atoms with van der Waals surface area (Å²) < 4.78 is 37.0. The van der Waals surface area contributed by atoms with Crippen molar-refractivity contribution in [3.8, 4) is 0 Å². The summed E-state index contributed by atoms with van der Waals surface area (Å²) in [5, 5.41) is 3.34. The number of benzene rings is 1. The first-order chi connectivity index (χ1) is 18.2. The number of carbonyl (C=O) groups excluding carboxylic acids is 1. The number of esters is 1. The van der Waals surface area contributed by atoms with Crippen LogP contribution in [0.1, 0.15) is 49.7 Å². The maximum atomic E-state index is 13.3. The molecule has 1 aromatic carbocycles. The SMILES string of the molecule is COCCN(c1cc(COC(=O)[C@H]2NCCC[C@H]2c2ccccc2)cc(N(C)S(C)(=O)=O)n1)C1CC(C)C1. The van der Waals surface area contributed by atoms with Crippen LogP contribution in [0, 0.1) is 5.92 Å². The fraction of sp³-hybridized carbons (Fsp3) is 0.571. The van der Waals surface area contributed by atoms with Crippen LogP contribution in [0.5, 0.6) is 0 Å². The minimum absolute atomic E-state index is 0.0256. The average molecular weight is 545 g/mol. The van der Waals surface area contributed by atoms with Crippen molar-refractivity contribution in [1.82, 2.24) is 10.3 Å². The van der Waals surface area contributed by atoms with E-state index in [0.717, 1.165) is 48.4 Å². The van der Waals surface area contributed by atoms with Gasteiger partial charge in [0.25, 0.3) is 0 Å². The second-order valence-electron chi connectivity index (χ2n) is 10.5. The highest BCUT2D eigenvalue weighted by atomic mass is 32.2. The predicted molar refractivity (Wildman–Crippen MR) is 149 cm³/mol. The van der Waals surface area contributed by atoms with Crippen LogP contribution < -0.4 is 14.5 Å². The molecule has 0 bridgehead atoms. The third kappa shape index (κ3) is 6.84. The second-order valence-corrected chi connectivity index (χ2v) is 12.6. The third-order valence-corrected chi connectivity index (χ3v) is 8.80. The van der Waals surface area contributed by atoms with Crippen molar-refractivity contribution in [3.05, 3.63) is 53.6 Å². The minimum atomic E-state index is -3.53. The summed E-state index contributed by atoms with van der Waals surface area (Å²) in [5.41, 5.74) is 1.81. The van der Waals surface area contributed by atoms with Crippen LogP contribution in [-0.2, 0) is 30.9 Å². The van der Waals surface area contributed by atoms with Crippen molar-refractivity contribution in [2.75, 3.05) is 49.3 Å². The lowest BCUT2D eigenvalue weighted by Crippen LogP contribution is -2.46. The average Bonchev–Trinajstić information content (AvgIpc) is 2.90. The van der Waals surface area contributed by atoms with E-state index in [9.17, 15) is 13.2 Å². The topological polar surface area (TPSA) is 101 Å². The summed E-state index contributed by atoms with van der Waals surface area (Å²) in [7, 11) is -0.382. The first kappa shape index (κ1) is 28.3. The van der Waals surface area contributed by atoms with E-state index in [1.54, 1.807) is 13.2 Å². The number of rotatable bonds is 11. The van der Waals surface area contributed by atoms with Crippen LogP contribution >= 0.6 is 0 Å². The van der Waals surface area contributed by atoms with Crippen LogP contribution in [0.2, 0.25) is 0 Å². The van der Waals surface area contributed by atoms with Gasteiger partial charge in [0.1, 0.15) is 24.3 Å². The van der Waals surface area contributed by atoms with Crippen molar-refractivity contribution >= 4 is 27.6 Å². The quantitative estimate of drug-likeness (QED) is 0.430. The highest BCUT2D eigenvalue weighted by Crippen LogP contribution is 2.35. The van der Waals surface area contributed by atoms with Gasteiger partial charge in [0.05, 0.1) is 12.9 Å². The summed E-state index contributed by atoms with van der Waals surface area (Å²) >= 11 is 0. The Labute approximate surface area is 226 Å². The molecule has 2 heterocycles. The standard InChI is InChI=1S/C28H40N4O5S/c1-20-15-23(16-20)32(13-14-36-3)26-18-21(17-25(30-26)31(2)38(4,34)35)19-37-28(33)27-24(11-8-12-29-27)22-9-6-5-7-10-22/h5-7,9-10,17-18,20,23-24,27,29H,8,11-16,19H2,1-4H3/t20?,23?,24-,27-/m0/s1. The fourth-order valence-corrected chi connectivity index (χ4v) is 5.78. The maximum Gasteiger partial charge on any atom is 0.324 e. The van der Waals surface area contributed by atoms with Crippen molar-refractivity contribution in [2.24, 2.45) is 5.92 Å². The smallest absolute Gasteiger partial charge is 0.324 e. The fourth-order valence-electron chi connectivity index (χ4n) is 5.34. The zero-order chi connectivity index (χ0) is 27.3. The molecular weight excluding hydrogens is 504 g/mol. The summed E-state index contributed by atoms with van der Waals surface area (Å²) in [6, 6.07) is 13.5. The molecule has 1 saturated carbocycles. The van der Waals surface area contributed by atoms with Crippen LogP contribution in [0.25, 0.3) is 0 Å². The molecule has 0 unspecified atom stereocenters. The van der Waals surface area contributed by atoms with Crippen LogP contribution in [0.3, 0.4) is 0 Å². The molecule has 9 nitrogen and oxygen atoms in total. The number of methoxy groups -OCH3 is 1. The number of sulfonamides is 1. The van der Waals surface area contributed by atoms with Gasteiger partial charge in [-0.2, -0.15) is 0 Å². The lowest BCUT2D eigenvalue weighted by molar-refractivity contribution is -0.148. The minimum Gasteiger partial charge on any atom is -0.460 e. The molecule has 0 spiro atoms. The number of aromatic nitrogens is 1. The van der Waals surface area contributed by atoms with E-state index in [2.05, 4.69) is 29.3 Å². The Hall–Kier alpha value is -2.69. The Morgan fingerprint density at radius 3 is 2.53 bits per heavy atom. The van der Waals surface area contributed by atoms with Gasteiger partial charge < -0.3 is 19.7 Å². The molecule has 0 radical (unpaired) electrons. The lowest BCUT2D eigenvalue weighted by Gasteiger charge is -2.42. The molecule has 1 aliphatic carbocycles. The Morgan fingerprint density at radius 1 is 1.16 bits per heavy atom. The molecule has 1 aliphatic heterocycles. The molecule has 208 valence electrons. The number of nitrogens with one attached hydrogen (secondary N) is 1. The molecule has 1 aromatic heterocycles. The molecule has 10 heteroatoms. The molecule has 2 atom stereocenters. The van der Waals surface area contributed by atoms with Gasteiger partial charge in [0.15, 0.2) is 0 Å². The first-order valence-corrected chi connectivity index (χ1v) is 15.2. The van der Waals surface area contributed by atoms with Crippen molar-refractivity contribution in [1.29, 1.82) is 0 Å². The first-order valence-electron chi connectivity index (χ1n) is 13.3. The molecule has 2 aliphatic rings. The third-order valence-electron chi connectivity index (χ3n) is 7.62. The number of hydrogen-bond donors (Lipinski definition) is 1. The number of anilines is 2. The molecule has 0 amide bonds. The highest BCUT2D eigenvalue weighted by molar-refractivity contribution is 7.92. The van der Waals surface area contributed by atoms with Gasteiger partial charge in [-0.1, -0.05) is 37.3 Å².